The molecule has 0 unspecified atom stereocenters. The second kappa shape index (κ2) is 11.4. The van der Waals surface area contributed by atoms with Crippen LogP contribution in [0.25, 0.3) is 0 Å². The standard InChI is InChI=1S/C9H21N3O/c1-10-7-8-11-5-3-2-4-6-12-9-13/h9-11H,2-8H2,1H3,(H,12,13). The van der Waals surface area contributed by atoms with Crippen LogP contribution in [0.3, 0.4) is 0 Å². The van der Waals surface area contributed by atoms with Crippen molar-refractivity contribution in [3.63, 3.8) is 0 Å². The van der Waals surface area contributed by atoms with Gasteiger partial charge < -0.3 is 16.0 Å². The van der Waals surface area contributed by atoms with Crippen molar-refractivity contribution in [2.45, 2.75) is 19.3 Å². The van der Waals surface area contributed by atoms with Gasteiger partial charge in [-0.25, -0.2) is 0 Å². The van der Waals surface area contributed by atoms with Gasteiger partial charge in [0, 0.05) is 19.6 Å². The first kappa shape index (κ1) is 12.4. The molecule has 0 spiro atoms. The maximum atomic E-state index is 9.88. The summed E-state index contributed by atoms with van der Waals surface area (Å²) in [5.41, 5.74) is 0. The second-order valence-electron chi connectivity index (χ2n) is 2.99. The smallest absolute Gasteiger partial charge is 0.207 e. The van der Waals surface area contributed by atoms with Gasteiger partial charge in [0.2, 0.25) is 6.41 Å². The molecule has 0 aliphatic carbocycles. The van der Waals surface area contributed by atoms with Gasteiger partial charge in [0.1, 0.15) is 0 Å². The Morgan fingerprint density at radius 3 is 2.46 bits per heavy atom. The molecule has 0 aliphatic rings. The Labute approximate surface area is 80.5 Å². The fourth-order valence-corrected chi connectivity index (χ4v) is 1.05. The fourth-order valence-electron chi connectivity index (χ4n) is 1.05. The van der Waals surface area contributed by atoms with Gasteiger partial charge in [-0.1, -0.05) is 6.42 Å². The Kier molecular flexibility index (Phi) is 10.9. The highest BCUT2D eigenvalue weighted by Crippen LogP contribution is 1.91. The van der Waals surface area contributed by atoms with Crippen LogP contribution in [0.4, 0.5) is 0 Å². The van der Waals surface area contributed by atoms with E-state index in [0.29, 0.717) is 0 Å². The van der Waals surface area contributed by atoms with Gasteiger partial charge in [-0.3, -0.25) is 4.79 Å². The quantitative estimate of drug-likeness (QED) is 0.325. The van der Waals surface area contributed by atoms with Crippen LogP contribution in [-0.2, 0) is 4.79 Å². The summed E-state index contributed by atoms with van der Waals surface area (Å²) in [4.78, 5) is 9.88. The van der Waals surface area contributed by atoms with E-state index < -0.39 is 0 Å². The van der Waals surface area contributed by atoms with Crippen molar-refractivity contribution in [2.24, 2.45) is 0 Å². The van der Waals surface area contributed by atoms with Crippen LogP contribution in [0, 0.1) is 0 Å². The summed E-state index contributed by atoms with van der Waals surface area (Å²) >= 11 is 0. The van der Waals surface area contributed by atoms with Gasteiger partial charge in [-0.2, -0.15) is 0 Å². The van der Waals surface area contributed by atoms with Gasteiger partial charge in [0.05, 0.1) is 0 Å². The van der Waals surface area contributed by atoms with Crippen LogP contribution in [0.15, 0.2) is 0 Å². The lowest BCUT2D eigenvalue weighted by molar-refractivity contribution is -0.109. The number of unbranched alkanes of at least 4 members (excludes halogenated alkanes) is 2. The third-order valence-electron chi connectivity index (χ3n) is 1.81. The Morgan fingerprint density at radius 2 is 1.77 bits per heavy atom. The Hall–Kier alpha value is -0.610. The lowest BCUT2D eigenvalue weighted by Crippen LogP contribution is -2.25. The number of amides is 1. The van der Waals surface area contributed by atoms with Gasteiger partial charge in [0.25, 0.3) is 0 Å². The van der Waals surface area contributed by atoms with Crippen molar-refractivity contribution < 1.29 is 4.79 Å². The lowest BCUT2D eigenvalue weighted by atomic mass is 10.2. The van der Waals surface area contributed by atoms with E-state index in [1.807, 2.05) is 7.05 Å². The molecule has 0 radical (unpaired) electrons. The van der Waals surface area contributed by atoms with E-state index in [9.17, 15) is 4.79 Å². The van der Waals surface area contributed by atoms with E-state index in [-0.39, 0.29) is 0 Å². The van der Waals surface area contributed by atoms with Crippen LogP contribution < -0.4 is 16.0 Å². The van der Waals surface area contributed by atoms with Crippen molar-refractivity contribution in [2.75, 3.05) is 33.2 Å². The number of carbonyl (C=O) groups is 1. The molecule has 3 N–H and O–H groups in total. The highest BCUT2D eigenvalue weighted by atomic mass is 16.1. The molecule has 0 atom stereocenters. The molecule has 0 aromatic heterocycles. The highest BCUT2D eigenvalue weighted by molar-refractivity contribution is 5.45. The monoisotopic (exact) mass is 187 g/mol. The molecule has 0 aromatic rings. The van der Waals surface area contributed by atoms with Crippen LogP contribution in [0.5, 0.6) is 0 Å². The van der Waals surface area contributed by atoms with E-state index in [2.05, 4.69) is 16.0 Å². The third-order valence-corrected chi connectivity index (χ3v) is 1.81. The average Bonchev–Trinajstić information content (AvgIpc) is 2.16. The summed E-state index contributed by atoms with van der Waals surface area (Å²) in [6.07, 6.45) is 4.19. The second-order valence-corrected chi connectivity index (χ2v) is 2.99. The zero-order valence-electron chi connectivity index (χ0n) is 8.44. The van der Waals surface area contributed by atoms with Crippen molar-refractivity contribution in [1.29, 1.82) is 0 Å². The van der Waals surface area contributed by atoms with Crippen LogP contribution in [0.1, 0.15) is 19.3 Å². The summed E-state index contributed by atoms with van der Waals surface area (Å²) in [6, 6.07) is 0. The molecular weight excluding hydrogens is 166 g/mol. The minimum absolute atomic E-state index is 0.755. The highest BCUT2D eigenvalue weighted by Gasteiger charge is 1.88. The topological polar surface area (TPSA) is 53.2 Å². The predicted molar refractivity (Wildman–Crippen MR) is 54.7 cm³/mol. The zero-order chi connectivity index (χ0) is 9.78. The molecule has 4 nitrogen and oxygen atoms in total. The lowest BCUT2D eigenvalue weighted by Gasteiger charge is -2.03. The molecule has 0 aliphatic heterocycles. The largest absolute Gasteiger partial charge is 0.359 e. The van der Waals surface area contributed by atoms with Crippen LogP contribution in [0.2, 0.25) is 0 Å². The Balaban J connectivity index is 2.79. The molecule has 0 bridgehead atoms. The predicted octanol–water partition coefficient (Wildman–Crippen LogP) is -0.288. The van der Waals surface area contributed by atoms with Gasteiger partial charge in [-0.05, 0) is 26.4 Å². The minimum atomic E-state index is 0.755. The normalized spacial score (nSPS) is 9.92. The summed E-state index contributed by atoms with van der Waals surface area (Å²) in [6.45, 7) is 3.93. The summed E-state index contributed by atoms with van der Waals surface area (Å²) in [7, 11) is 1.95. The average molecular weight is 187 g/mol. The number of carbonyl (C=O) groups excluding carboxylic acids is 1. The number of hydrogen-bond acceptors (Lipinski definition) is 3. The van der Waals surface area contributed by atoms with Gasteiger partial charge in [0.15, 0.2) is 0 Å². The first-order valence-electron chi connectivity index (χ1n) is 4.94. The number of likely N-dealkylation sites (N-methyl/N-ethyl adjacent to an activating group) is 1. The molecule has 0 rings (SSSR count). The molecule has 4 heteroatoms. The Bertz CT molecular complexity index is 109. The molecular formula is C9H21N3O. The summed E-state index contributed by atoms with van der Waals surface area (Å²) in [5, 5.41) is 9.05. The molecule has 0 fully saturated rings. The SMILES string of the molecule is CNCCNCCCCCNC=O. The zero-order valence-corrected chi connectivity index (χ0v) is 8.44. The third kappa shape index (κ3) is 11.4. The first-order valence-corrected chi connectivity index (χ1v) is 4.94. The molecule has 0 saturated carbocycles. The summed E-state index contributed by atoms with van der Waals surface area (Å²) < 4.78 is 0. The maximum absolute atomic E-state index is 9.88. The van der Waals surface area contributed by atoms with Gasteiger partial charge >= 0.3 is 0 Å². The molecule has 0 aromatic carbocycles. The minimum Gasteiger partial charge on any atom is -0.359 e. The first-order chi connectivity index (χ1) is 6.41. The molecule has 13 heavy (non-hydrogen) atoms. The van der Waals surface area contributed by atoms with Crippen molar-refractivity contribution >= 4 is 6.41 Å². The van der Waals surface area contributed by atoms with E-state index in [0.717, 1.165) is 39.0 Å². The Morgan fingerprint density at radius 1 is 1.00 bits per heavy atom. The van der Waals surface area contributed by atoms with E-state index >= 15 is 0 Å². The number of hydrogen-bond donors (Lipinski definition) is 3. The molecule has 0 saturated heterocycles. The van der Waals surface area contributed by atoms with Crippen molar-refractivity contribution in [3.8, 4) is 0 Å². The van der Waals surface area contributed by atoms with Crippen molar-refractivity contribution in [1.82, 2.24) is 16.0 Å². The molecule has 78 valence electrons. The van der Waals surface area contributed by atoms with E-state index in [1.165, 1.54) is 12.8 Å². The maximum Gasteiger partial charge on any atom is 0.207 e. The van der Waals surface area contributed by atoms with Gasteiger partial charge in [-0.15, -0.1) is 0 Å². The summed E-state index contributed by atoms with van der Waals surface area (Å²) in [5.74, 6) is 0. The fraction of sp³-hybridized carbons (Fsp3) is 0.889. The van der Waals surface area contributed by atoms with Crippen LogP contribution in [-0.4, -0.2) is 39.6 Å². The van der Waals surface area contributed by atoms with E-state index in [1.54, 1.807) is 0 Å². The van der Waals surface area contributed by atoms with Crippen molar-refractivity contribution in [3.05, 3.63) is 0 Å². The number of rotatable bonds is 10. The van der Waals surface area contributed by atoms with Crippen LogP contribution >= 0.6 is 0 Å². The molecule has 0 heterocycles. The number of nitrogens with one attached hydrogen (secondary N) is 3. The molecule has 1 amide bonds. The van der Waals surface area contributed by atoms with E-state index in [4.69, 9.17) is 0 Å².